The summed E-state index contributed by atoms with van der Waals surface area (Å²) < 4.78 is 4.09. The molecule has 4 aromatic heterocycles. The Bertz CT molecular complexity index is 983. The van der Waals surface area contributed by atoms with E-state index in [0.717, 1.165) is 40.6 Å². The number of nitrogens with one attached hydrogen (secondary N) is 1. The molecule has 0 saturated heterocycles. The second-order valence-electron chi connectivity index (χ2n) is 5.35. The summed E-state index contributed by atoms with van der Waals surface area (Å²) in [7, 11) is 0. The van der Waals surface area contributed by atoms with Gasteiger partial charge in [0.1, 0.15) is 17.5 Å². The molecule has 0 fully saturated rings. The van der Waals surface area contributed by atoms with Crippen molar-refractivity contribution in [1.29, 1.82) is 0 Å². The number of fused-ring (bicyclic) bond motifs is 2. The van der Waals surface area contributed by atoms with E-state index in [0.29, 0.717) is 6.54 Å². The normalized spacial score (nSPS) is 11.4. The average molecular weight is 307 g/mol. The topological polar surface area (TPSA) is 72.9 Å². The molecule has 0 unspecified atom stereocenters. The molecule has 0 aromatic carbocycles. The maximum Gasteiger partial charge on any atom is 0.165 e. The highest BCUT2D eigenvalue weighted by Gasteiger charge is 2.12. The Morgan fingerprint density at radius 1 is 1.17 bits per heavy atom. The molecule has 7 nitrogen and oxygen atoms in total. The van der Waals surface area contributed by atoms with Gasteiger partial charge in [-0.2, -0.15) is 0 Å². The molecule has 0 aliphatic heterocycles. The zero-order valence-electron chi connectivity index (χ0n) is 13.1. The molecule has 0 bridgehead atoms. The molecule has 0 amide bonds. The summed E-state index contributed by atoms with van der Waals surface area (Å²) in [6.07, 6.45) is 5.39. The van der Waals surface area contributed by atoms with Gasteiger partial charge in [-0.1, -0.05) is 6.07 Å². The molecule has 116 valence electrons. The third-order valence-corrected chi connectivity index (χ3v) is 3.99. The van der Waals surface area contributed by atoms with Crippen LogP contribution in [0.1, 0.15) is 18.3 Å². The van der Waals surface area contributed by atoms with Gasteiger partial charge < -0.3 is 14.3 Å². The lowest BCUT2D eigenvalue weighted by atomic mass is 10.3. The van der Waals surface area contributed by atoms with E-state index in [1.807, 2.05) is 35.9 Å². The Kier molecular flexibility index (Phi) is 3.18. The largest absolute Gasteiger partial charge is 0.362 e. The van der Waals surface area contributed by atoms with Gasteiger partial charge in [0.15, 0.2) is 11.5 Å². The van der Waals surface area contributed by atoms with E-state index in [1.165, 1.54) is 0 Å². The second-order valence-corrected chi connectivity index (χ2v) is 5.35. The van der Waals surface area contributed by atoms with Crippen molar-refractivity contribution in [2.45, 2.75) is 26.9 Å². The molecule has 1 N–H and O–H groups in total. The fraction of sp³-hybridized carbons (Fsp3) is 0.250. The zero-order valence-corrected chi connectivity index (χ0v) is 13.1. The Morgan fingerprint density at radius 2 is 2.09 bits per heavy atom. The van der Waals surface area contributed by atoms with Gasteiger partial charge in [0, 0.05) is 12.7 Å². The Labute approximate surface area is 133 Å². The van der Waals surface area contributed by atoms with Crippen molar-refractivity contribution >= 4 is 22.6 Å². The molecule has 4 rings (SSSR count). The summed E-state index contributed by atoms with van der Waals surface area (Å²) in [6.45, 7) is 5.55. The minimum atomic E-state index is 0.627. The van der Waals surface area contributed by atoms with E-state index in [4.69, 9.17) is 0 Å². The van der Waals surface area contributed by atoms with Crippen LogP contribution in [0.5, 0.6) is 0 Å². The van der Waals surface area contributed by atoms with Crippen molar-refractivity contribution in [2.75, 3.05) is 5.32 Å². The first-order valence-electron chi connectivity index (χ1n) is 7.60. The highest BCUT2D eigenvalue weighted by atomic mass is 15.1. The van der Waals surface area contributed by atoms with E-state index >= 15 is 0 Å². The van der Waals surface area contributed by atoms with Gasteiger partial charge in [-0.25, -0.2) is 19.9 Å². The highest BCUT2D eigenvalue weighted by molar-refractivity contribution is 5.82. The second kappa shape index (κ2) is 5.35. The minimum Gasteiger partial charge on any atom is -0.362 e. The van der Waals surface area contributed by atoms with Gasteiger partial charge in [-0.15, -0.1) is 0 Å². The lowest BCUT2D eigenvalue weighted by Gasteiger charge is -2.07. The summed E-state index contributed by atoms with van der Waals surface area (Å²) >= 11 is 0. The van der Waals surface area contributed by atoms with Gasteiger partial charge in [0.05, 0.1) is 24.3 Å². The molecular formula is C16H17N7. The number of imidazole rings is 2. The van der Waals surface area contributed by atoms with Gasteiger partial charge in [-0.05, 0) is 26.0 Å². The Hall–Kier alpha value is -2.96. The quantitative estimate of drug-likeness (QED) is 0.627. The fourth-order valence-electron chi connectivity index (χ4n) is 2.79. The van der Waals surface area contributed by atoms with Crippen LogP contribution in [0.15, 0.2) is 37.1 Å². The molecular weight excluding hydrogens is 290 g/mol. The van der Waals surface area contributed by atoms with Crippen LogP contribution in [-0.2, 0) is 13.1 Å². The predicted octanol–water partition coefficient (Wildman–Crippen LogP) is 2.41. The number of rotatable bonds is 4. The SMILES string of the molecule is CCn1cnc2c(NCc3c(C)nc4ccccn34)ncnc21. The van der Waals surface area contributed by atoms with Gasteiger partial charge in [0.25, 0.3) is 0 Å². The number of aromatic nitrogens is 6. The molecule has 0 saturated carbocycles. The van der Waals surface area contributed by atoms with Crippen LogP contribution in [0.4, 0.5) is 5.82 Å². The number of hydrogen-bond donors (Lipinski definition) is 1. The molecule has 0 aliphatic rings. The molecule has 0 spiro atoms. The molecule has 0 atom stereocenters. The van der Waals surface area contributed by atoms with Crippen LogP contribution < -0.4 is 5.32 Å². The van der Waals surface area contributed by atoms with E-state index < -0.39 is 0 Å². The van der Waals surface area contributed by atoms with Crippen LogP contribution in [0.25, 0.3) is 16.8 Å². The molecule has 7 heteroatoms. The van der Waals surface area contributed by atoms with Crippen LogP contribution >= 0.6 is 0 Å². The van der Waals surface area contributed by atoms with Crippen molar-refractivity contribution < 1.29 is 0 Å². The lowest BCUT2D eigenvalue weighted by Crippen LogP contribution is -2.06. The van der Waals surface area contributed by atoms with Crippen molar-refractivity contribution in [3.63, 3.8) is 0 Å². The Balaban J connectivity index is 1.69. The van der Waals surface area contributed by atoms with Gasteiger partial charge in [-0.3, -0.25) is 0 Å². The summed E-state index contributed by atoms with van der Waals surface area (Å²) in [5.41, 5.74) is 4.71. The van der Waals surface area contributed by atoms with Crippen LogP contribution in [0.2, 0.25) is 0 Å². The summed E-state index contributed by atoms with van der Waals surface area (Å²) in [5.74, 6) is 0.743. The van der Waals surface area contributed by atoms with Crippen LogP contribution in [-0.4, -0.2) is 28.9 Å². The van der Waals surface area contributed by atoms with Crippen LogP contribution in [0, 0.1) is 6.92 Å². The summed E-state index contributed by atoms with van der Waals surface area (Å²) in [5, 5.41) is 3.37. The van der Waals surface area contributed by atoms with Gasteiger partial charge in [0.2, 0.25) is 0 Å². The predicted molar refractivity (Wildman–Crippen MR) is 88.3 cm³/mol. The maximum absolute atomic E-state index is 4.58. The number of pyridine rings is 1. The standard InChI is InChI=1S/C16H17N7/c1-3-22-10-20-14-15(18-9-19-16(14)22)17-8-12-11(2)21-13-6-4-5-7-23(12)13/h4-7,9-10H,3,8H2,1-2H3,(H,17,18,19). The third-order valence-electron chi connectivity index (χ3n) is 3.99. The van der Waals surface area contributed by atoms with Crippen molar-refractivity contribution in [2.24, 2.45) is 0 Å². The van der Waals surface area contributed by atoms with E-state index in [-0.39, 0.29) is 0 Å². The third kappa shape index (κ3) is 2.21. The lowest BCUT2D eigenvalue weighted by molar-refractivity contribution is 0.777. The molecule has 0 radical (unpaired) electrons. The van der Waals surface area contributed by atoms with E-state index in [9.17, 15) is 0 Å². The first-order valence-corrected chi connectivity index (χ1v) is 7.60. The maximum atomic E-state index is 4.58. The van der Waals surface area contributed by atoms with Crippen molar-refractivity contribution in [3.05, 3.63) is 48.4 Å². The van der Waals surface area contributed by atoms with Crippen LogP contribution in [0.3, 0.4) is 0 Å². The summed E-state index contributed by atoms with van der Waals surface area (Å²) in [6, 6.07) is 6.00. The number of nitrogens with zero attached hydrogens (tertiary/aromatic N) is 6. The smallest absolute Gasteiger partial charge is 0.165 e. The Morgan fingerprint density at radius 3 is 2.96 bits per heavy atom. The highest BCUT2D eigenvalue weighted by Crippen LogP contribution is 2.19. The molecule has 23 heavy (non-hydrogen) atoms. The van der Waals surface area contributed by atoms with Crippen molar-refractivity contribution in [1.82, 2.24) is 28.9 Å². The summed E-state index contributed by atoms with van der Waals surface area (Å²) in [4.78, 5) is 17.7. The fourth-order valence-corrected chi connectivity index (χ4v) is 2.79. The van der Waals surface area contributed by atoms with Crippen molar-refractivity contribution in [3.8, 4) is 0 Å². The first kappa shape index (κ1) is 13.7. The van der Waals surface area contributed by atoms with E-state index in [1.54, 1.807) is 12.7 Å². The first-order chi connectivity index (χ1) is 11.3. The molecule has 4 heterocycles. The molecule has 0 aliphatic carbocycles. The number of anilines is 1. The number of aryl methyl sites for hydroxylation is 2. The zero-order chi connectivity index (χ0) is 15.8. The monoisotopic (exact) mass is 307 g/mol. The number of hydrogen-bond acceptors (Lipinski definition) is 5. The minimum absolute atomic E-state index is 0.627. The molecule has 4 aromatic rings. The van der Waals surface area contributed by atoms with Gasteiger partial charge >= 0.3 is 0 Å². The van der Waals surface area contributed by atoms with E-state index in [2.05, 4.69) is 36.6 Å². The average Bonchev–Trinajstić information content (AvgIpc) is 3.13.